The quantitative estimate of drug-likeness (QED) is 0.886. The second kappa shape index (κ2) is 7.79. The lowest BCUT2D eigenvalue weighted by Crippen LogP contribution is -2.28. The molecule has 4 heteroatoms. The van der Waals surface area contributed by atoms with Gasteiger partial charge in [-0.3, -0.25) is 4.90 Å². The number of rotatable bonds is 5. The zero-order valence-electron chi connectivity index (χ0n) is 13.3. The van der Waals surface area contributed by atoms with E-state index in [0.717, 1.165) is 17.8 Å². The summed E-state index contributed by atoms with van der Waals surface area (Å²) >= 11 is 0. The van der Waals surface area contributed by atoms with Crippen LogP contribution in [-0.4, -0.2) is 24.0 Å². The number of carbonyl (C=O) groups excluding carboxylic acids is 1. The van der Waals surface area contributed by atoms with Gasteiger partial charge in [0.05, 0.1) is 0 Å². The molecule has 120 valence electrons. The molecule has 4 nitrogen and oxygen atoms in total. The summed E-state index contributed by atoms with van der Waals surface area (Å²) in [5.74, 6) is 0. The number of anilines is 1. The maximum atomic E-state index is 11.9. The fourth-order valence-corrected chi connectivity index (χ4v) is 2.84. The molecule has 0 saturated carbocycles. The summed E-state index contributed by atoms with van der Waals surface area (Å²) in [5.41, 5.74) is 3.24. The van der Waals surface area contributed by atoms with Crippen molar-refractivity contribution in [2.45, 2.75) is 25.9 Å². The van der Waals surface area contributed by atoms with E-state index in [-0.39, 0.29) is 6.03 Å². The number of nitrogens with zero attached hydrogens (tertiary/aromatic N) is 1. The van der Waals surface area contributed by atoms with Crippen LogP contribution in [-0.2, 0) is 13.1 Å². The van der Waals surface area contributed by atoms with Crippen molar-refractivity contribution in [3.05, 3.63) is 65.7 Å². The third kappa shape index (κ3) is 4.83. The van der Waals surface area contributed by atoms with Crippen molar-refractivity contribution in [3.8, 4) is 0 Å². The van der Waals surface area contributed by atoms with Gasteiger partial charge < -0.3 is 10.6 Å². The number of hydrogen-bond acceptors (Lipinski definition) is 2. The van der Waals surface area contributed by atoms with Gasteiger partial charge in [0.1, 0.15) is 0 Å². The number of hydrogen-bond donors (Lipinski definition) is 2. The van der Waals surface area contributed by atoms with E-state index in [1.165, 1.54) is 31.5 Å². The molecule has 1 aliphatic heterocycles. The lowest BCUT2D eigenvalue weighted by molar-refractivity contribution is 0.251. The molecule has 0 bridgehead atoms. The van der Waals surface area contributed by atoms with E-state index >= 15 is 0 Å². The Hall–Kier alpha value is -2.33. The highest BCUT2D eigenvalue weighted by atomic mass is 16.2. The second-order valence-corrected chi connectivity index (χ2v) is 5.97. The predicted octanol–water partition coefficient (Wildman–Crippen LogP) is 3.60. The number of benzene rings is 2. The Balaban J connectivity index is 1.45. The highest BCUT2D eigenvalue weighted by molar-refractivity contribution is 5.89. The summed E-state index contributed by atoms with van der Waals surface area (Å²) < 4.78 is 0. The molecule has 0 spiro atoms. The Morgan fingerprint density at radius 2 is 1.57 bits per heavy atom. The fourth-order valence-electron chi connectivity index (χ4n) is 2.84. The molecule has 2 aromatic rings. The zero-order valence-corrected chi connectivity index (χ0v) is 13.3. The van der Waals surface area contributed by atoms with Gasteiger partial charge in [0, 0.05) is 18.8 Å². The van der Waals surface area contributed by atoms with Crippen LogP contribution in [0.2, 0.25) is 0 Å². The first-order valence-electron chi connectivity index (χ1n) is 8.20. The Morgan fingerprint density at radius 3 is 2.26 bits per heavy atom. The number of para-hydroxylation sites is 1. The van der Waals surface area contributed by atoms with Gasteiger partial charge in [0.15, 0.2) is 0 Å². The fraction of sp³-hybridized carbons (Fsp3) is 0.316. The van der Waals surface area contributed by atoms with Crippen LogP contribution in [0.25, 0.3) is 0 Å². The van der Waals surface area contributed by atoms with E-state index in [2.05, 4.69) is 39.8 Å². The number of likely N-dealkylation sites (tertiary alicyclic amines) is 1. The normalized spacial score (nSPS) is 14.6. The Labute approximate surface area is 137 Å². The average Bonchev–Trinajstić information content (AvgIpc) is 3.08. The third-order valence-corrected chi connectivity index (χ3v) is 4.11. The van der Waals surface area contributed by atoms with Crippen molar-refractivity contribution in [1.29, 1.82) is 0 Å². The molecule has 0 radical (unpaired) electrons. The first kappa shape index (κ1) is 15.6. The van der Waals surface area contributed by atoms with Crippen LogP contribution >= 0.6 is 0 Å². The lowest BCUT2D eigenvalue weighted by atomic mass is 10.1. The van der Waals surface area contributed by atoms with Crippen molar-refractivity contribution in [1.82, 2.24) is 10.2 Å². The molecule has 2 amide bonds. The Bertz CT molecular complexity index is 619. The highest BCUT2D eigenvalue weighted by Gasteiger charge is 2.11. The number of urea groups is 1. The second-order valence-electron chi connectivity index (χ2n) is 5.97. The van der Waals surface area contributed by atoms with Crippen LogP contribution in [0.4, 0.5) is 10.5 Å². The molecule has 1 heterocycles. The van der Waals surface area contributed by atoms with Gasteiger partial charge >= 0.3 is 6.03 Å². The van der Waals surface area contributed by atoms with Crippen molar-refractivity contribution in [2.24, 2.45) is 0 Å². The van der Waals surface area contributed by atoms with Crippen molar-refractivity contribution in [3.63, 3.8) is 0 Å². The smallest absolute Gasteiger partial charge is 0.319 e. The average molecular weight is 309 g/mol. The van der Waals surface area contributed by atoms with E-state index in [1.54, 1.807) is 0 Å². The van der Waals surface area contributed by atoms with E-state index in [0.29, 0.717) is 6.54 Å². The molecule has 1 aliphatic rings. The van der Waals surface area contributed by atoms with E-state index in [4.69, 9.17) is 0 Å². The summed E-state index contributed by atoms with van der Waals surface area (Å²) in [5, 5.41) is 5.69. The van der Waals surface area contributed by atoms with Crippen LogP contribution in [0.3, 0.4) is 0 Å². The summed E-state index contributed by atoms with van der Waals surface area (Å²) in [6, 6.07) is 17.8. The SMILES string of the molecule is O=C(NCc1ccc(CN2CCCC2)cc1)Nc1ccccc1. The zero-order chi connectivity index (χ0) is 15.9. The van der Waals surface area contributed by atoms with Gasteiger partial charge in [-0.05, 0) is 49.2 Å². The van der Waals surface area contributed by atoms with E-state index < -0.39 is 0 Å². The molecular formula is C19H23N3O. The Morgan fingerprint density at radius 1 is 0.913 bits per heavy atom. The molecule has 1 saturated heterocycles. The first-order chi connectivity index (χ1) is 11.3. The molecule has 0 aliphatic carbocycles. The minimum Gasteiger partial charge on any atom is -0.334 e. The molecule has 0 unspecified atom stereocenters. The minimum absolute atomic E-state index is 0.183. The van der Waals surface area contributed by atoms with Crippen LogP contribution < -0.4 is 10.6 Å². The molecule has 1 fully saturated rings. The molecule has 0 atom stereocenters. The molecule has 3 rings (SSSR count). The molecular weight excluding hydrogens is 286 g/mol. The number of nitrogens with one attached hydrogen (secondary N) is 2. The van der Waals surface area contributed by atoms with E-state index in [9.17, 15) is 4.79 Å². The lowest BCUT2D eigenvalue weighted by Gasteiger charge is -2.14. The topological polar surface area (TPSA) is 44.4 Å². The van der Waals surface area contributed by atoms with Crippen molar-refractivity contribution >= 4 is 11.7 Å². The maximum absolute atomic E-state index is 11.9. The Kier molecular flexibility index (Phi) is 5.27. The molecule has 23 heavy (non-hydrogen) atoms. The van der Waals surface area contributed by atoms with Crippen LogP contribution in [0.5, 0.6) is 0 Å². The number of carbonyl (C=O) groups is 1. The summed E-state index contributed by atoms with van der Waals surface area (Å²) in [6.45, 7) is 3.98. The van der Waals surface area contributed by atoms with Crippen LogP contribution in [0, 0.1) is 0 Å². The molecule has 0 aromatic heterocycles. The predicted molar refractivity (Wildman–Crippen MR) is 93.3 cm³/mol. The monoisotopic (exact) mass is 309 g/mol. The van der Waals surface area contributed by atoms with Crippen LogP contribution in [0.1, 0.15) is 24.0 Å². The van der Waals surface area contributed by atoms with Gasteiger partial charge in [-0.15, -0.1) is 0 Å². The maximum Gasteiger partial charge on any atom is 0.319 e. The van der Waals surface area contributed by atoms with Gasteiger partial charge in [0.25, 0.3) is 0 Å². The highest BCUT2D eigenvalue weighted by Crippen LogP contribution is 2.13. The molecule has 2 N–H and O–H groups in total. The summed E-state index contributed by atoms with van der Waals surface area (Å²) in [6.07, 6.45) is 2.64. The number of amides is 2. The third-order valence-electron chi connectivity index (χ3n) is 4.11. The van der Waals surface area contributed by atoms with Gasteiger partial charge in [-0.25, -0.2) is 4.79 Å². The van der Waals surface area contributed by atoms with Gasteiger partial charge in [-0.1, -0.05) is 42.5 Å². The van der Waals surface area contributed by atoms with Crippen molar-refractivity contribution < 1.29 is 4.79 Å². The van der Waals surface area contributed by atoms with E-state index in [1.807, 2.05) is 30.3 Å². The van der Waals surface area contributed by atoms with Gasteiger partial charge in [-0.2, -0.15) is 0 Å². The standard InChI is InChI=1S/C19H23N3O/c23-19(21-18-6-2-1-3-7-18)20-14-16-8-10-17(11-9-16)15-22-12-4-5-13-22/h1-3,6-11H,4-5,12-15H2,(H2,20,21,23). The van der Waals surface area contributed by atoms with Crippen molar-refractivity contribution in [2.75, 3.05) is 18.4 Å². The summed E-state index contributed by atoms with van der Waals surface area (Å²) in [4.78, 5) is 14.3. The molecule has 2 aromatic carbocycles. The van der Waals surface area contributed by atoms with Gasteiger partial charge in [0.2, 0.25) is 0 Å². The van der Waals surface area contributed by atoms with Crippen LogP contribution in [0.15, 0.2) is 54.6 Å². The summed E-state index contributed by atoms with van der Waals surface area (Å²) in [7, 11) is 0. The largest absolute Gasteiger partial charge is 0.334 e. The first-order valence-corrected chi connectivity index (χ1v) is 8.20. The minimum atomic E-state index is -0.183.